The lowest BCUT2D eigenvalue weighted by Crippen LogP contribution is -2.42. The lowest BCUT2D eigenvalue weighted by Gasteiger charge is -2.32. The molecule has 154 valence electrons. The summed E-state index contributed by atoms with van der Waals surface area (Å²) in [4.78, 5) is 5.97. The number of nitrogens with zero attached hydrogens (tertiary/aromatic N) is 2. The van der Waals surface area contributed by atoms with Gasteiger partial charge in [0.1, 0.15) is 0 Å². The minimum absolute atomic E-state index is 0.352. The minimum atomic E-state index is -4.11. The Balaban J connectivity index is 2.35. The van der Waals surface area contributed by atoms with Crippen LogP contribution in [0.3, 0.4) is 0 Å². The first kappa shape index (κ1) is 23.0. The van der Waals surface area contributed by atoms with Gasteiger partial charge in [-0.25, -0.2) is 0 Å². The standard InChI is InChI=1S/C18H35F3N4O/c1-4-17(26,5-2)13-24-16(22-6-3)23-10-7-15-8-11-25(12-9-15)14-18(19,20)21/h15,26H,4-14H2,1-3H3,(H2,22,23,24). The number of aliphatic imine (C=N–C) groups is 1. The molecule has 0 aromatic carbocycles. The molecule has 1 saturated heterocycles. The van der Waals surface area contributed by atoms with Gasteiger partial charge >= 0.3 is 6.18 Å². The molecule has 8 heteroatoms. The van der Waals surface area contributed by atoms with Crippen molar-refractivity contribution < 1.29 is 18.3 Å². The normalized spacial score (nSPS) is 18.2. The average molecular weight is 380 g/mol. The number of piperidine rings is 1. The molecule has 1 fully saturated rings. The van der Waals surface area contributed by atoms with Crippen molar-refractivity contribution in [3.8, 4) is 0 Å². The summed E-state index contributed by atoms with van der Waals surface area (Å²) in [6.07, 6.45) is -0.278. The molecule has 3 N–H and O–H groups in total. The molecule has 0 amide bonds. The molecule has 26 heavy (non-hydrogen) atoms. The van der Waals surface area contributed by atoms with Gasteiger partial charge in [0.15, 0.2) is 5.96 Å². The lowest BCUT2D eigenvalue weighted by atomic mass is 9.93. The van der Waals surface area contributed by atoms with Gasteiger partial charge in [-0.1, -0.05) is 13.8 Å². The van der Waals surface area contributed by atoms with E-state index in [1.807, 2.05) is 20.8 Å². The monoisotopic (exact) mass is 380 g/mol. The van der Waals surface area contributed by atoms with Crippen LogP contribution in [0, 0.1) is 5.92 Å². The van der Waals surface area contributed by atoms with Gasteiger partial charge in [-0.05, 0) is 58.0 Å². The highest BCUT2D eigenvalue weighted by Gasteiger charge is 2.32. The second-order valence-electron chi connectivity index (χ2n) is 7.18. The second kappa shape index (κ2) is 11.0. The quantitative estimate of drug-likeness (QED) is 0.425. The van der Waals surface area contributed by atoms with E-state index in [4.69, 9.17) is 0 Å². The van der Waals surface area contributed by atoms with Crippen LogP contribution in [-0.2, 0) is 0 Å². The molecule has 1 aliphatic rings. The molecule has 0 aromatic rings. The molecule has 0 aliphatic carbocycles. The Kier molecular flexibility index (Phi) is 9.71. The summed E-state index contributed by atoms with van der Waals surface area (Å²) < 4.78 is 37.3. The van der Waals surface area contributed by atoms with Crippen LogP contribution in [0.15, 0.2) is 4.99 Å². The summed E-state index contributed by atoms with van der Waals surface area (Å²) in [5, 5.41) is 16.8. The van der Waals surface area contributed by atoms with Crippen molar-refractivity contribution in [3.63, 3.8) is 0 Å². The van der Waals surface area contributed by atoms with Gasteiger partial charge < -0.3 is 15.7 Å². The number of rotatable bonds is 9. The van der Waals surface area contributed by atoms with Gasteiger partial charge in [0, 0.05) is 13.1 Å². The van der Waals surface area contributed by atoms with E-state index >= 15 is 0 Å². The van der Waals surface area contributed by atoms with E-state index in [2.05, 4.69) is 15.6 Å². The van der Waals surface area contributed by atoms with Crippen molar-refractivity contribution in [1.29, 1.82) is 0 Å². The third-order valence-electron chi connectivity index (χ3n) is 5.15. The van der Waals surface area contributed by atoms with Crippen LogP contribution >= 0.6 is 0 Å². The Bertz CT molecular complexity index is 417. The molecule has 0 bridgehead atoms. The number of likely N-dealkylation sites (tertiary alicyclic amines) is 1. The third kappa shape index (κ3) is 9.07. The number of guanidine groups is 1. The Labute approximate surface area is 155 Å². The van der Waals surface area contributed by atoms with Crippen LogP contribution < -0.4 is 10.6 Å². The highest BCUT2D eigenvalue weighted by Crippen LogP contribution is 2.24. The molecule has 0 atom stereocenters. The van der Waals surface area contributed by atoms with Gasteiger partial charge in [-0.2, -0.15) is 13.2 Å². The van der Waals surface area contributed by atoms with Crippen LogP contribution in [-0.4, -0.2) is 67.0 Å². The van der Waals surface area contributed by atoms with E-state index in [0.717, 1.165) is 32.4 Å². The summed E-state index contributed by atoms with van der Waals surface area (Å²) in [5.41, 5.74) is -0.770. The van der Waals surface area contributed by atoms with Crippen LogP contribution in [0.5, 0.6) is 0 Å². The van der Waals surface area contributed by atoms with Gasteiger partial charge in [0.2, 0.25) is 0 Å². The summed E-state index contributed by atoms with van der Waals surface area (Å²) >= 11 is 0. The van der Waals surface area contributed by atoms with E-state index in [-0.39, 0.29) is 0 Å². The number of nitrogens with one attached hydrogen (secondary N) is 2. The fraction of sp³-hybridized carbons (Fsp3) is 0.944. The largest absolute Gasteiger partial charge is 0.401 e. The number of halogens is 3. The summed E-state index contributed by atoms with van der Waals surface area (Å²) in [6, 6.07) is 0. The van der Waals surface area contributed by atoms with Gasteiger partial charge in [-0.3, -0.25) is 9.89 Å². The Morgan fingerprint density at radius 3 is 2.23 bits per heavy atom. The summed E-state index contributed by atoms with van der Waals surface area (Å²) in [6.45, 7) is 7.92. The molecule has 1 aliphatic heterocycles. The first-order valence-electron chi connectivity index (χ1n) is 9.75. The fourth-order valence-corrected chi connectivity index (χ4v) is 3.12. The second-order valence-corrected chi connectivity index (χ2v) is 7.18. The molecule has 0 unspecified atom stereocenters. The maximum Gasteiger partial charge on any atom is 0.401 e. The van der Waals surface area contributed by atoms with Crippen molar-refractivity contribution in [2.24, 2.45) is 10.9 Å². The van der Waals surface area contributed by atoms with E-state index in [1.54, 1.807) is 0 Å². The van der Waals surface area contributed by atoms with E-state index < -0.39 is 18.3 Å². The summed E-state index contributed by atoms with van der Waals surface area (Å²) in [7, 11) is 0. The molecule has 0 spiro atoms. The smallest absolute Gasteiger partial charge is 0.388 e. The number of alkyl halides is 3. The zero-order valence-electron chi connectivity index (χ0n) is 16.3. The first-order valence-corrected chi connectivity index (χ1v) is 9.75. The Morgan fingerprint density at radius 1 is 1.12 bits per heavy atom. The van der Waals surface area contributed by atoms with Crippen LogP contribution in [0.25, 0.3) is 0 Å². The van der Waals surface area contributed by atoms with Crippen molar-refractivity contribution in [2.75, 3.05) is 39.3 Å². The predicted molar refractivity (Wildman–Crippen MR) is 99.3 cm³/mol. The zero-order valence-corrected chi connectivity index (χ0v) is 16.3. The van der Waals surface area contributed by atoms with Crippen molar-refractivity contribution in [3.05, 3.63) is 0 Å². The highest BCUT2D eigenvalue weighted by atomic mass is 19.4. The van der Waals surface area contributed by atoms with E-state index in [9.17, 15) is 18.3 Å². The zero-order chi connectivity index (χ0) is 19.6. The van der Waals surface area contributed by atoms with E-state index in [0.29, 0.717) is 44.4 Å². The average Bonchev–Trinajstić information content (AvgIpc) is 2.59. The van der Waals surface area contributed by atoms with Crippen LogP contribution in [0.1, 0.15) is 52.9 Å². The highest BCUT2D eigenvalue weighted by molar-refractivity contribution is 5.79. The van der Waals surface area contributed by atoms with Crippen molar-refractivity contribution in [1.82, 2.24) is 15.5 Å². The molecule has 0 saturated carbocycles. The number of hydrogen-bond donors (Lipinski definition) is 3. The Morgan fingerprint density at radius 2 is 1.73 bits per heavy atom. The minimum Gasteiger partial charge on any atom is -0.388 e. The Hall–Kier alpha value is -1.02. The molecular weight excluding hydrogens is 345 g/mol. The van der Waals surface area contributed by atoms with Crippen molar-refractivity contribution in [2.45, 2.75) is 64.7 Å². The van der Waals surface area contributed by atoms with Gasteiger partial charge in [0.25, 0.3) is 0 Å². The third-order valence-corrected chi connectivity index (χ3v) is 5.15. The molecule has 1 rings (SSSR count). The van der Waals surface area contributed by atoms with Crippen molar-refractivity contribution >= 4 is 5.96 Å². The van der Waals surface area contributed by atoms with Gasteiger partial charge in [-0.15, -0.1) is 0 Å². The maximum absolute atomic E-state index is 12.4. The molecule has 0 radical (unpaired) electrons. The lowest BCUT2D eigenvalue weighted by molar-refractivity contribution is -0.148. The number of hydrogen-bond acceptors (Lipinski definition) is 3. The van der Waals surface area contributed by atoms with Crippen LogP contribution in [0.2, 0.25) is 0 Å². The SMILES string of the molecule is CCNC(=NCC(O)(CC)CC)NCCC1CCN(CC(F)(F)F)CC1. The topological polar surface area (TPSA) is 59.9 Å². The molecular formula is C18H35F3N4O. The number of aliphatic hydroxyl groups is 1. The predicted octanol–water partition coefficient (Wildman–Crippen LogP) is 2.76. The summed E-state index contributed by atoms with van der Waals surface area (Å²) in [5.74, 6) is 1.13. The fourth-order valence-electron chi connectivity index (χ4n) is 3.12. The first-order chi connectivity index (χ1) is 12.2. The van der Waals surface area contributed by atoms with Crippen LogP contribution in [0.4, 0.5) is 13.2 Å². The molecule has 0 aromatic heterocycles. The van der Waals surface area contributed by atoms with Gasteiger partial charge in [0.05, 0.1) is 18.7 Å². The maximum atomic E-state index is 12.4. The molecule has 1 heterocycles. The molecule has 5 nitrogen and oxygen atoms in total. The van der Waals surface area contributed by atoms with E-state index in [1.165, 1.54) is 4.90 Å².